The van der Waals surface area contributed by atoms with Crippen LogP contribution in [0, 0.1) is 17.8 Å². The predicted molar refractivity (Wildman–Crippen MR) is 79.8 cm³/mol. The fourth-order valence-electron chi connectivity index (χ4n) is 5.30. The molecule has 4 aliphatic carbocycles. The average Bonchev–Trinajstić information content (AvgIpc) is 2.89. The van der Waals surface area contributed by atoms with E-state index in [9.17, 15) is 4.79 Å². The first-order valence-corrected chi connectivity index (χ1v) is 8.28. The molecular weight excluding hydrogens is 264 g/mol. The summed E-state index contributed by atoms with van der Waals surface area (Å²) in [5.41, 5.74) is 1.24. The molecule has 2 amide bonds. The number of rotatable bonds is 4. The van der Waals surface area contributed by atoms with Crippen molar-refractivity contribution < 1.29 is 9.21 Å². The summed E-state index contributed by atoms with van der Waals surface area (Å²) in [6.07, 6.45) is 12.1. The van der Waals surface area contributed by atoms with Crippen LogP contribution >= 0.6 is 0 Å². The van der Waals surface area contributed by atoms with Crippen LogP contribution in [-0.4, -0.2) is 18.1 Å². The van der Waals surface area contributed by atoms with Gasteiger partial charge in [-0.25, -0.2) is 4.79 Å². The number of nitrogens with one attached hydrogen (secondary N) is 2. The van der Waals surface area contributed by atoms with Crippen LogP contribution < -0.4 is 10.6 Å². The summed E-state index contributed by atoms with van der Waals surface area (Å²) in [7, 11) is 0. The van der Waals surface area contributed by atoms with Gasteiger partial charge in [0.1, 0.15) is 0 Å². The van der Waals surface area contributed by atoms with Gasteiger partial charge in [0.2, 0.25) is 0 Å². The van der Waals surface area contributed by atoms with Gasteiger partial charge in [-0.15, -0.1) is 0 Å². The van der Waals surface area contributed by atoms with E-state index in [0.717, 1.165) is 29.7 Å². The highest BCUT2D eigenvalue weighted by molar-refractivity contribution is 5.74. The standard InChI is InChI=1S/C17H24N2O2/c20-16(18-3-1-12-2-4-21-11-12)19-17-8-13-5-14(9-17)7-15(6-13)10-17/h2,4,11,13-15H,1,3,5-10H2,(H2,18,19,20). The smallest absolute Gasteiger partial charge is 0.315 e. The summed E-state index contributed by atoms with van der Waals surface area (Å²) in [6, 6.07) is 1.96. The minimum Gasteiger partial charge on any atom is -0.472 e. The second-order valence-corrected chi connectivity index (χ2v) is 7.46. The lowest BCUT2D eigenvalue weighted by molar-refractivity contribution is -0.0135. The third-order valence-electron chi connectivity index (χ3n) is 5.70. The van der Waals surface area contributed by atoms with E-state index in [1.807, 2.05) is 6.07 Å². The number of amides is 2. The number of furan rings is 1. The van der Waals surface area contributed by atoms with E-state index in [1.54, 1.807) is 12.5 Å². The van der Waals surface area contributed by atoms with Gasteiger partial charge in [0.15, 0.2) is 0 Å². The molecule has 21 heavy (non-hydrogen) atoms. The Morgan fingerprint density at radius 1 is 1.19 bits per heavy atom. The Labute approximate surface area is 125 Å². The average molecular weight is 288 g/mol. The van der Waals surface area contributed by atoms with Crippen LogP contribution in [0.25, 0.3) is 0 Å². The molecule has 2 N–H and O–H groups in total. The van der Waals surface area contributed by atoms with Crippen molar-refractivity contribution in [3.05, 3.63) is 24.2 Å². The van der Waals surface area contributed by atoms with E-state index in [-0.39, 0.29) is 11.6 Å². The highest BCUT2D eigenvalue weighted by Crippen LogP contribution is 2.55. The maximum atomic E-state index is 12.2. The van der Waals surface area contributed by atoms with Crippen LogP contribution in [0.4, 0.5) is 4.79 Å². The summed E-state index contributed by atoms with van der Waals surface area (Å²) in [5, 5.41) is 6.34. The highest BCUT2D eigenvalue weighted by Gasteiger charge is 2.51. The van der Waals surface area contributed by atoms with Gasteiger partial charge in [-0.05, 0) is 74.3 Å². The Morgan fingerprint density at radius 2 is 1.86 bits per heavy atom. The van der Waals surface area contributed by atoms with Crippen LogP contribution in [0.5, 0.6) is 0 Å². The van der Waals surface area contributed by atoms with Gasteiger partial charge in [-0.2, -0.15) is 0 Å². The molecule has 1 heterocycles. The molecule has 4 aliphatic rings. The van der Waals surface area contributed by atoms with Crippen molar-refractivity contribution in [2.75, 3.05) is 6.54 Å². The Hall–Kier alpha value is -1.45. The van der Waals surface area contributed by atoms with E-state index >= 15 is 0 Å². The van der Waals surface area contributed by atoms with E-state index in [4.69, 9.17) is 4.42 Å². The van der Waals surface area contributed by atoms with Gasteiger partial charge in [0.25, 0.3) is 0 Å². The summed E-state index contributed by atoms with van der Waals surface area (Å²) in [6.45, 7) is 0.664. The van der Waals surface area contributed by atoms with Gasteiger partial charge in [-0.1, -0.05) is 0 Å². The Kier molecular flexibility index (Phi) is 3.20. The number of hydrogen-bond donors (Lipinski definition) is 2. The molecular formula is C17H24N2O2. The van der Waals surface area contributed by atoms with E-state index in [1.165, 1.54) is 38.5 Å². The first-order chi connectivity index (χ1) is 10.2. The molecule has 1 aromatic heterocycles. The zero-order valence-electron chi connectivity index (χ0n) is 12.4. The first-order valence-electron chi connectivity index (χ1n) is 8.28. The topological polar surface area (TPSA) is 54.3 Å². The molecule has 0 atom stereocenters. The summed E-state index contributed by atoms with van der Waals surface area (Å²) >= 11 is 0. The molecule has 0 aromatic carbocycles. The molecule has 0 radical (unpaired) electrons. The van der Waals surface area contributed by atoms with Crippen molar-refractivity contribution in [2.45, 2.75) is 50.5 Å². The molecule has 0 unspecified atom stereocenters. The van der Waals surface area contributed by atoms with Gasteiger partial charge in [0.05, 0.1) is 12.5 Å². The maximum absolute atomic E-state index is 12.2. The van der Waals surface area contributed by atoms with Crippen LogP contribution in [0.15, 0.2) is 23.0 Å². The highest BCUT2D eigenvalue weighted by atomic mass is 16.3. The lowest BCUT2D eigenvalue weighted by Crippen LogP contribution is -2.61. The molecule has 0 aliphatic heterocycles. The molecule has 114 valence electrons. The Bertz CT molecular complexity index is 474. The van der Waals surface area contributed by atoms with Crippen molar-refractivity contribution in [3.8, 4) is 0 Å². The monoisotopic (exact) mass is 288 g/mol. The largest absolute Gasteiger partial charge is 0.472 e. The quantitative estimate of drug-likeness (QED) is 0.894. The molecule has 4 saturated carbocycles. The third-order valence-corrected chi connectivity index (χ3v) is 5.70. The molecule has 1 aromatic rings. The fourth-order valence-corrected chi connectivity index (χ4v) is 5.30. The van der Waals surface area contributed by atoms with E-state index < -0.39 is 0 Å². The maximum Gasteiger partial charge on any atom is 0.315 e. The molecule has 5 rings (SSSR count). The lowest BCUT2D eigenvalue weighted by atomic mass is 9.53. The van der Waals surface area contributed by atoms with Crippen LogP contribution in [0.1, 0.15) is 44.1 Å². The second kappa shape index (κ2) is 5.08. The summed E-state index contributed by atoms with van der Waals surface area (Å²) in [4.78, 5) is 12.2. The Balaban J connectivity index is 1.30. The van der Waals surface area contributed by atoms with Crippen LogP contribution in [-0.2, 0) is 6.42 Å². The van der Waals surface area contributed by atoms with Crippen molar-refractivity contribution in [2.24, 2.45) is 17.8 Å². The van der Waals surface area contributed by atoms with Crippen molar-refractivity contribution in [3.63, 3.8) is 0 Å². The molecule has 4 nitrogen and oxygen atoms in total. The summed E-state index contributed by atoms with van der Waals surface area (Å²) < 4.78 is 5.03. The normalized spacial score (nSPS) is 36.7. The second-order valence-electron chi connectivity index (χ2n) is 7.46. The molecule has 4 heteroatoms. The van der Waals surface area contributed by atoms with Gasteiger partial charge >= 0.3 is 6.03 Å². The first kappa shape index (κ1) is 13.2. The molecule has 4 fully saturated rings. The SMILES string of the molecule is O=C(NCCc1ccoc1)NC12CC3CC(CC(C3)C1)C2. The lowest BCUT2D eigenvalue weighted by Gasteiger charge is -2.56. The van der Waals surface area contributed by atoms with Gasteiger partial charge < -0.3 is 15.1 Å². The van der Waals surface area contributed by atoms with Crippen molar-refractivity contribution in [1.82, 2.24) is 10.6 Å². The molecule has 0 spiro atoms. The summed E-state index contributed by atoms with van der Waals surface area (Å²) in [5.74, 6) is 2.59. The molecule has 0 saturated heterocycles. The van der Waals surface area contributed by atoms with Gasteiger partial charge in [0, 0.05) is 12.1 Å². The number of urea groups is 1. The predicted octanol–water partition coefficient (Wildman–Crippen LogP) is 3.09. The van der Waals surface area contributed by atoms with Crippen molar-refractivity contribution in [1.29, 1.82) is 0 Å². The van der Waals surface area contributed by atoms with E-state index in [0.29, 0.717) is 6.54 Å². The van der Waals surface area contributed by atoms with Gasteiger partial charge in [-0.3, -0.25) is 0 Å². The Morgan fingerprint density at radius 3 is 2.43 bits per heavy atom. The number of carbonyl (C=O) groups is 1. The molecule has 4 bridgehead atoms. The zero-order chi connectivity index (χ0) is 14.3. The minimum atomic E-state index is 0.0143. The van der Waals surface area contributed by atoms with Crippen LogP contribution in [0.3, 0.4) is 0 Å². The zero-order valence-corrected chi connectivity index (χ0v) is 12.4. The number of hydrogen-bond acceptors (Lipinski definition) is 2. The van der Waals surface area contributed by atoms with E-state index in [2.05, 4.69) is 10.6 Å². The fraction of sp³-hybridized carbons (Fsp3) is 0.706. The number of carbonyl (C=O) groups excluding carboxylic acids is 1. The van der Waals surface area contributed by atoms with Crippen LogP contribution in [0.2, 0.25) is 0 Å². The minimum absolute atomic E-state index is 0.0143. The third kappa shape index (κ3) is 2.68. The van der Waals surface area contributed by atoms with Crippen molar-refractivity contribution >= 4 is 6.03 Å².